The zero-order valence-corrected chi connectivity index (χ0v) is 21.3. The molecule has 0 spiro atoms. The van der Waals surface area contributed by atoms with Crippen LogP contribution in [0.2, 0.25) is 0 Å². The van der Waals surface area contributed by atoms with Gasteiger partial charge in [0.15, 0.2) is 15.5 Å². The van der Waals surface area contributed by atoms with E-state index in [1.165, 1.54) is 18.2 Å². The molecule has 0 saturated heterocycles. The van der Waals surface area contributed by atoms with Gasteiger partial charge >= 0.3 is 18.4 Å². The van der Waals surface area contributed by atoms with Gasteiger partial charge in [0.2, 0.25) is 5.95 Å². The van der Waals surface area contributed by atoms with Crippen molar-refractivity contribution >= 4 is 21.4 Å². The third-order valence-corrected chi connectivity index (χ3v) is 7.48. The summed E-state index contributed by atoms with van der Waals surface area (Å²) in [6.45, 7) is 0.875. The van der Waals surface area contributed by atoms with Gasteiger partial charge in [-0.15, -0.1) is 10.2 Å². The first-order valence-electron chi connectivity index (χ1n) is 11.3. The summed E-state index contributed by atoms with van der Waals surface area (Å²) in [6.07, 6.45) is -8.95. The number of halogens is 7. The number of hydrogen-bond acceptors (Lipinski definition) is 8. The van der Waals surface area contributed by atoms with Crippen LogP contribution in [0.1, 0.15) is 46.4 Å². The third kappa shape index (κ3) is 5.41. The van der Waals surface area contributed by atoms with E-state index in [0.29, 0.717) is 6.20 Å². The Balaban J connectivity index is 1.73. The molecule has 4 rings (SSSR count). The second kappa shape index (κ2) is 9.94. The SMILES string of the molecule is Cc1c(C(F)(F)F)nnc(Oc2ncc(C3(C(F)(F)F)CCC3)c(F)n2)c1C(=O)Nc1cccc(S(C)(=O)=O)c1. The highest BCUT2D eigenvalue weighted by molar-refractivity contribution is 7.90. The van der Waals surface area contributed by atoms with E-state index in [0.717, 1.165) is 19.2 Å². The molecule has 0 bridgehead atoms. The van der Waals surface area contributed by atoms with Crippen molar-refractivity contribution in [1.29, 1.82) is 0 Å². The van der Waals surface area contributed by atoms with Gasteiger partial charge in [-0.2, -0.15) is 35.7 Å². The van der Waals surface area contributed by atoms with Crippen molar-refractivity contribution in [3.05, 3.63) is 58.8 Å². The van der Waals surface area contributed by atoms with Crippen molar-refractivity contribution in [2.75, 3.05) is 11.6 Å². The first-order valence-corrected chi connectivity index (χ1v) is 13.2. The number of benzene rings is 1. The Hall–Kier alpha value is -3.89. The number of nitrogens with one attached hydrogen (secondary N) is 1. The minimum atomic E-state index is -5.06. The molecule has 0 aliphatic heterocycles. The van der Waals surface area contributed by atoms with Crippen LogP contribution in [0, 0.1) is 12.9 Å². The summed E-state index contributed by atoms with van der Waals surface area (Å²) >= 11 is 0. The van der Waals surface area contributed by atoms with Gasteiger partial charge in [0.25, 0.3) is 11.8 Å². The van der Waals surface area contributed by atoms with E-state index in [2.05, 4.69) is 25.5 Å². The van der Waals surface area contributed by atoms with Crippen molar-refractivity contribution in [3.8, 4) is 11.9 Å². The Morgan fingerprint density at radius 2 is 1.77 bits per heavy atom. The van der Waals surface area contributed by atoms with Gasteiger partial charge in [-0.25, -0.2) is 13.4 Å². The second-order valence-electron chi connectivity index (χ2n) is 9.00. The zero-order valence-electron chi connectivity index (χ0n) is 20.5. The summed E-state index contributed by atoms with van der Waals surface area (Å²) < 4.78 is 125. The summed E-state index contributed by atoms with van der Waals surface area (Å²) in [5.74, 6) is -3.73. The normalized spacial score (nSPS) is 15.3. The maximum absolute atomic E-state index is 14.7. The van der Waals surface area contributed by atoms with E-state index in [1.807, 2.05) is 0 Å². The van der Waals surface area contributed by atoms with E-state index in [9.17, 15) is 43.9 Å². The van der Waals surface area contributed by atoms with Gasteiger partial charge in [0.1, 0.15) is 5.56 Å². The van der Waals surface area contributed by atoms with Crippen LogP contribution in [0.5, 0.6) is 11.9 Å². The van der Waals surface area contributed by atoms with E-state index < -0.39 is 73.7 Å². The fraction of sp³-hybridized carbons (Fsp3) is 0.348. The minimum absolute atomic E-state index is 0.117. The Morgan fingerprint density at radius 3 is 2.30 bits per heavy atom. The number of hydrogen-bond donors (Lipinski definition) is 1. The number of carbonyl (C=O) groups excluding carboxylic acids is 1. The van der Waals surface area contributed by atoms with Gasteiger partial charge in [0, 0.05) is 23.7 Å². The number of amides is 1. The molecule has 1 fully saturated rings. The smallest absolute Gasteiger partial charge is 0.403 e. The van der Waals surface area contributed by atoms with Crippen LogP contribution >= 0.6 is 0 Å². The van der Waals surface area contributed by atoms with Crippen LogP contribution in [-0.2, 0) is 21.4 Å². The van der Waals surface area contributed by atoms with Crippen LogP contribution in [0.4, 0.5) is 36.4 Å². The standard InChI is InChI=1S/C23H18F7N5O4S/c1-11-15(18(36)32-12-5-3-6-13(9-12)40(2,37)38)19(35-34-16(11)22(25,26)27)39-20-31-10-14(17(24)33-20)21(7-4-8-21)23(28,29)30/h3,5-6,9-10H,4,7-8H2,1-2H3,(H,32,36). The molecule has 9 nitrogen and oxygen atoms in total. The van der Waals surface area contributed by atoms with Crippen LogP contribution in [0.25, 0.3) is 0 Å². The number of ether oxygens (including phenoxy) is 1. The number of aromatic nitrogens is 4. The zero-order chi connectivity index (χ0) is 29.7. The highest BCUT2D eigenvalue weighted by Gasteiger charge is 2.60. The number of alkyl halides is 6. The molecule has 214 valence electrons. The van der Waals surface area contributed by atoms with E-state index in [1.54, 1.807) is 0 Å². The topological polar surface area (TPSA) is 124 Å². The molecule has 40 heavy (non-hydrogen) atoms. The van der Waals surface area contributed by atoms with Gasteiger partial charge in [-0.05, 0) is 43.5 Å². The predicted octanol–water partition coefficient (Wildman–Crippen LogP) is 5.17. The molecule has 17 heteroatoms. The van der Waals surface area contributed by atoms with Gasteiger partial charge in [0.05, 0.1) is 10.3 Å². The van der Waals surface area contributed by atoms with Gasteiger partial charge < -0.3 is 10.1 Å². The summed E-state index contributed by atoms with van der Waals surface area (Å²) in [5.41, 5.74) is -6.59. The summed E-state index contributed by atoms with van der Waals surface area (Å²) in [7, 11) is -3.70. The van der Waals surface area contributed by atoms with E-state index in [-0.39, 0.29) is 29.8 Å². The fourth-order valence-electron chi connectivity index (χ4n) is 4.14. The van der Waals surface area contributed by atoms with Crippen molar-refractivity contribution in [1.82, 2.24) is 20.2 Å². The Labute approximate surface area is 221 Å². The molecule has 1 aromatic carbocycles. The van der Waals surface area contributed by atoms with Crippen molar-refractivity contribution < 1.29 is 48.7 Å². The number of rotatable bonds is 6. The maximum Gasteiger partial charge on any atom is 0.435 e. The highest BCUT2D eigenvalue weighted by atomic mass is 32.2. The summed E-state index contributed by atoms with van der Waals surface area (Å²) in [4.78, 5) is 19.7. The van der Waals surface area contributed by atoms with Crippen molar-refractivity contribution in [3.63, 3.8) is 0 Å². The minimum Gasteiger partial charge on any atom is -0.403 e. The largest absolute Gasteiger partial charge is 0.435 e. The summed E-state index contributed by atoms with van der Waals surface area (Å²) in [5, 5.41) is 8.51. The molecule has 0 radical (unpaired) electrons. The second-order valence-corrected chi connectivity index (χ2v) is 11.0. The molecule has 1 saturated carbocycles. The number of anilines is 1. The first kappa shape index (κ1) is 29.1. The Morgan fingerprint density at radius 1 is 1.10 bits per heavy atom. The summed E-state index contributed by atoms with van der Waals surface area (Å²) in [6, 6.07) is 3.87. The molecule has 2 heterocycles. The molecule has 1 N–H and O–H groups in total. The van der Waals surface area contributed by atoms with Gasteiger partial charge in [-0.1, -0.05) is 12.5 Å². The van der Waals surface area contributed by atoms with E-state index >= 15 is 0 Å². The van der Waals surface area contributed by atoms with Crippen LogP contribution < -0.4 is 10.1 Å². The average Bonchev–Trinajstić information content (AvgIpc) is 2.77. The van der Waals surface area contributed by atoms with Crippen molar-refractivity contribution in [2.45, 2.75) is 48.8 Å². The Kier molecular flexibility index (Phi) is 7.23. The highest BCUT2D eigenvalue weighted by Crippen LogP contribution is 2.55. The van der Waals surface area contributed by atoms with Crippen LogP contribution in [0.3, 0.4) is 0 Å². The van der Waals surface area contributed by atoms with E-state index in [4.69, 9.17) is 4.74 Å². The number of sulfone groups is 1. The molecule has 0 atom stereocenters. The lowest BCUT2D eigenvalue weighted by atomic mass is 9.64. The molecule has 1 amide bonds. The molecule has 2 aromatic heterocycles. The molecular weight excluding hydrogens is 575 g/mol. The van der Waals surface area contributed by atoms with Crippen LogP contribution in [-0.4, -0.2) is 46.9 Å². The lowest BCUT2D eigenvalue weighted by molar-refractivity contribution is -0.213. The average molecular weight is 593 g/mol. The Bertz CT molecular complexity index is 1590. The maximum atomic E-state index is 14.7. The lowest BCUT2D eigenvalue weighted by Crippen LogP contribution is -2.48. The molecule has 1 aliphatic carbocycles. The number of nitrogens with zero attached hydrogens (tertiary/aromatic N) is 4. The predicted molar refractivity (Wildman–Crippen MR) is 123 cm³/mol. The molecular formula is C23H18F7N5O4S. The molecule has 1 aliphatic rings. The molecule has 3 aromatic rings. The lowest BCUT2D eigenvalue weighted by Gasteiger charge is -2.43. The first-order chi connectivity index (χ1) is 18.4. The van der Waals surface area contributed by atoms with Crippen LogP contribution in [0.15, 0.2) is 35.4 Å². The number of carbonyl (C=O) groups is 1. The molecule has 0 unspecified atom stereocenters. The van der Waals surface area contributed by atoms with Crippen molar-refractivity contribution in [2.24, 2.45) is 0 Å². The monoisotopic (exact) mass is 593 g/mol. The quantitative estimate of drug-likeness (QED) is 0.307. The fourth-order valence-corrected chi connectivity index (χ4v) is 4.81. The van der Waals surface area contributed by atoms with Gasteiger partial charge in [-0.3, -0.25) is 4.79 Å². The third-order valence-electron chi connectivity index (χ3n) is 6.37.